The van der Waals surface area contributed by atoms with Gasteiger partial charge in [-0.05, 0) is 37.4 Å². The van der Waals surface area contributed by atoms with E-state index in [9.17, 15) is 4.79 Å². The Morgan fingerprint density at radius 1 is 1.04 bits per heavy atom. The van der Waals surface area contributed by atoms with E-state index in [1.165, 1.54) is 0 Å². The summed E-state index contributed by atoms with van der Waals surface area (Å²) >= 11 is 3.56. The van der Waals surface area contributed by atoms with Crippen LogP contribution in [0, 0.1) is 0 Å². The maximum Gasteiger partial charge on any atom is 0.242 e. The van der Waals surface area contributed by atoms with Gasteiger partial charge in [0.05, 0.1) is 16.6 Å². The average Bonchev–Trinajstić information content (AvgIpc) is 2.99. The zero-order valence-corrected chi connectivity index (χ0v) is 17.2. The summed E-state index contributed by atoms with van der Waals surface area (Å²) in [5, 5.41) is 1.01. The summed E-state index contributed by atoms with van der Waals surface area (Å²) in [5.74, 6) is 0.129. The van der Waals surface area contributed by atoms with E-state index < -0.39 is 0 Å². The molecule has 1 aliphatic rings. The first-order chi connectivity index (χ1) is 13.6. The molecule has 0 spiro atoms. The van der Waals surface area contributed by atoms with Crippen LogP contribution in [0.1, 0.15) is 0 Å². The molecule has 2 aromatic carbocycles. The van der Waals surface area contributed by atoms with E-state index in [0.717, 1.165) is 63.8 Å². The minimum atomic E-state index is 0.129. The van der Waals surface area contributed by atoms with Gasteiger partial charge in [0.25, 0.3) is 0 Å². The molecule has 6 nitrogen and oxygen atoms in total. The molecule has 5 rings (SSSR count). The molecule has 1 amide bonds. The molecule has 0 bridgehead atoms. The Hall–Kier alpha value is -2.51. The number of carbonyl (C=O) groups excluding carboxylic acids is 1. The fraction of sp³-hybridized carbons (Fsp3) is 0.286. The molecule has 0 radical (unpaired) electrons. The molecule has 7 heteroatoms. The van der Waals surface area contributed by atoms with Gasteiger partial charge in [-0.15, -0.1) is 0 Å². The lowest BCUT2D eigenvalue weighted by atomic mass is 10.2. The van der Waals surface area contributed by atoms with Crippen LogP contribution in [0.15, 0.2) is 46.9 Å². The molecule has 0 unspecified atom stereocenters. The lowest BCUT2D eigenvalue weighted by molar-refractivity contribution is -0.133. The summed E-state index contributed by atoms with van der Waals surface area (Å²) in [5.41, 5.74) is 4.27. The first kappa shape index (κ1) is 17.6. The highest BCUT2D eigenvalue weighted by Gasteiger charge is 2.22. The van der Waals surface area contributed by atoms with Crippen molar-refractivity contribution in [2.24, 2.45) is 0 Å². The quantitative estimate of drug-likeness (QED) is 0.482. The van der Waals surface area contributed by atoms with Crippen molar-refractivity contribution >= 4 is 54.9 Å². The molecule has 3 heterocycles. The van der Waals surface area contributed by atoms with Gasteiger partial charge in [-0.3, -0.25) is 4.79 Å². The number of nitrogens with zero attached hydrogens (tertiary/aromatic N) is 5. The molecule has 1 fully saturated rings. The van der Waals surface area contributed by atoms with Gasteiger partial charge in [-0.25, -0.2) is 9.97 Å². The molecule has 0 N–H and O–H groups in total. The van der Waals surface area contributed by atoms with Crippen LogP contribution in [0.3, 0.4) is 0 Å². The van der Waals surface area contributed by atoms with Crippen molar-refractivity contribution in [3.05, 3.63) is 46.9 Å². The summed E-state index contributed by atoms with van der Waals surface area (Å²) in [7, 11) is 2.09. The molecule has 4 aromatic rings. The monoisotopic (exact) mass is 437 g/mol. The van der Waals surface area contributed by atoms with Gasteiger partial charge < -0.3 is 14.4 Å². The molecule has 0 aliphatic carbocycles. The van der Waals surface area contributed by atoms with E-state index >= 15 is 0 Å². The second-order valence-electron chi connectivity index (χ2n) is 7.32. The second kappa shape index (κ2) is 6.83. The largest absolute Gasteiger partial charge is 0.339 e. The molecule has 0 atom stereocenters. The van der Waals surface area contributed by atoms with Crippen LogP contribution in [0.2, 0.25) is 0 Å². The number of fused-ring (bicyclic) bond motifs is 4. The molecule has 0 saturated carbocycles. The third-order valence-corrected chi connectivity index (χ3v) is 5.95. The number of para-hydroxylation sites is 2. The average molecular weight is 438 g/mol. The summed E-state index contributed by atoms with van der Waals surface area (Å²) in [6, 6.07) is 13.9. The van der Waals surface area contributed by atoms with Crippen molar-refractivity contribution in [2.45, 2.75) is 6.54 Å². The number of halogens is 1. The van der Waals surface area contributed by atoms with Crippen LogP contribution in [0.5, 0.6) is 0 Å². The molecular weight excluding hydrogens is 418 g/mol. The van der Waals surface area contributed by atoms with Crippen molar-refractivity contribution in [1.29, 1.82) is 0 Å². The predicted molar refractivity (Wildman–Crippen MR) is 114 cm³/mol. The van der Waals surface area contributed by atoms with Crippen LogP contribution in [-0.2, 0) is 11.3 Å². The number of benzene rings is 2. The van der Waals surface area contributed by atoms with E-state index in [2.05, 4.69) is 33.9 Å². The lowest BCUT2D eigenvalue weighted by Crippen LogP contribution is -2.48. The lowest BCUT2D eigenvalue weighted by Gasteiger charge is -2.32. The number of hydrogen-bond acceptors (Lipinski definition) is 4. The topological polar surface area (TPSA) is 54.3 Å². The number of piperazine rings is 1. The predicted octanol–water partition coefficient (Wildman–Crippen LogP) is 3.27. The van der Waals surface area contributed by atoms with Crippen molar-refractivity contribution in [1.82, 2.24) is 24.3 Å². The highest BCUT2D eigenvalue weighted by atomic mass is 79.9. The molecule has 28 heavy (non-hydrogen) atoms. The zero-order valence-electron chi connectivity index (χ0n) is 15.6. The van der Waals surface area contributed by atoms with Crippen LogP contribution >= 0.6 is 15.9 Å². The van der Waals surface area contributed by atoms with Crippen molar-refractivity contribution in [3.8, 4) is 0 Å². The molecule has 142 valence electrons. The standard InChI is InChI=1S/C21H20BrN5O/c1-25-8-10-26(11-9-25)19(28)13-27-18-7-6-14(22)12-15(18)20-21(27)24-17-5-3-2-4-16(17)23-20/h2-7,12H,8-11,13H2,1H3. The van der Waals surface area contributed by atoms with Crippen LogP contribution < -0.4 is 0 Å². The van der Waals surface area contributed by atoms with Gasteiger partial charge in [0.2, 0.25) is 5.91 Å². The third kappa shape index (κ3) is 2.95. The number of likely N-dealkylation sites (N-methyl/N-ethyl adjacent to an activating group) is 1. The Labute approximate surface area is 170 Å². The van der Waals surface area contributed by atoms with Crippen molar-refractivity contribution < 1.29 is 4.79 Å². The number of rotatable bonds is 2. The maximum absolute atomic E-state index is 13.0. The van der Waals surface area contributed by atoms with Gasteiger partial charge in [-0.2, -0.15) is 0 Å². The van der Waals surface area contributed by atoms with Crippen molar-refractivity contribution in [2.75, 3.05) is 33.2 Å². The fourth-order valence-corrected chi connectivity index (χ4v) is 4.22. The van der Waals surface area contributed by atoms with Gasteiger partial charge in [0, 0.05) is 36.0 Å². The molecule has 1 saturated heterocycles. The van der Waals surface area contributed by atoms with Crippen LogP contribution in [0.25, 0.3) is 33.1 Å². The van der Waals surface area contributed by atoms with Gasteiger partial charge in [-0.1, -0.05) is 28.1 Å². The molecular formula is C21H20BrN5O. The Kier molecular flexibility index (Phi) is 4.29. The van der Waals surface area contributed by atoms with E-state index in [1.807, 2.05) is 45.9 Å². The Morgan fingerprint density at radius 3 is 2.50 bits per heavy atom. The molecule has 1 aliphatic heterocycles. The minimum Gasteiger partial charge on any atom is -0.339 e. The van der Waals surface area contributed by atoms with E-state index in [1.54, 1.807) is 0 Å². The fourth-order valence-electron chi connectivity index (χ4n) is 3.86. The summed E-state index contributed by atoms with van der Waals surface area (Å²) in [6.07, 6.45) is 0. The highest BCUT2D eigenvalue weighted by molar-refractivity contribution is 9.10. The van der Waals surface area contributed by atoms with E-state index in [4.69, 9.17) is 9.97 Å². The Balaban J connectivity index is 1.65. The SMILES string of the molecule is CN1CCN(C(=O)Cn2c3ccc(Br)cc3c3nc4ccccc4nc32)CC1. The summed E-state index contributed by atoms with van der Waals surface area (Å²) in [4.78, 5) is 26.9. The van der Waals surface area contributed by atoms with Crippen LogP contribution in [-0.4, -0.2) is 63.5 Å². The minimum absolute atomic E-state index is 0.129. The summed E-state index contributed by atoms with van der Waals surface area (Å²) in [6.45, 7) is 3.64. The van der Waals surface area contributed by atoms with Gasteiger partial charge in [0.1, 0.15) is 12.1 Å². The second-order valence-corrected chi connectivity index (χ2v) is 8.23. The van der Waals surface area contributed by atoms with Gasteiger partial charge >= 0.3 is 0 Å². The highest BCUT2D eigenvalue weighted by Crippen LogP contribution is 2.30. The summed E-state index contributed by atoms with van der Waals surface area (Å²) < 4.78 is 3.00. The smallest absolute Gasteiger partial charge is 0.242 e. The van der Waals surface area contributed by atoms with E-state index in [0.29, 0.717) is 0 Å². The third-order valence-electron chi connectivity index (χ3n) is 5.46. The first-order valence-corrected chi connectivity index (χ1v) is 10.2. The van der Waals surface area contributed by atoms with E-state index in [-0.39, 0.29) is 12.5 Å². The molecule has 2 aromatic heterocycles. The number of aromatic nitrogens is 3. The number of hydrogen-bond donors (Lipinski definition) is 0. The van der Waals surface area contributed by atoms with Crippen LogP contribution in [0.4, 0.5) is 0 Å². The normalized spacial score (nSPS) is 15.7. The Morgan fingerprint density at radius 2 is 1.75 bits per heavy atom. The zero-order chi connectivity index (χ0) is 19.3. The number of carbonyl (C=O) groups is 1. The number of amides is 1. The Bertz CT molecular complexity index is 1210. The van der Waals surface area contributed by atoms with Gasteiger partial charge in [0.15, 0.2) is 5.65 Å². The van der Waals surface area contributed by atoms with Crippen molar-refractivity contribution in [3.63, 3.8) is 0 Å². The maximum atomic E-state index is 13.0. The first-order valence-electron chi connectivity index (χ1n) is 9.41.